The molecule has 1 atom stereocenters. The topological polar surface area (TPSA) is 41.8 Å². The van der Waals surface area contributed by atoms with Gasteiger partial charge < -0.3 is 9.94 Å². The van der Waals surface area contributed by atoms with E-state index in [0.717, 1.165) is 0 Å². The fourth-order valence-electron chi connectivity index (χ4n) is 0.490. The highest BCUT2D eigenvalue weighted by atomic mass is 35.6. The number of hydrogen-bond acceptors (Lipinski definition) is 3. The van der Waals surface area contributed by atoms with Crippen molar-refractivity contribution in [2.45, 2.75) is 16.0 Å². The van der Waals surface area contributed by atoms with Gasteiger partial charge in [0.2, 0.25) is 0 Å². The summed E-state index contributed by atoms with van der Waals surface area (Å²) in [6, 6.07) is 0. The van der Waals surface area contributed by atoms with Crippen molar-refractivity contribution < 1.29 is 9.94 Å². The van der Waals surface area contributed by atoms with Gasteiger partial charge in [0, 0.05) is 0 Å². The van der Waals surface area contributed by atoms with Crippen LogP contribution in [-0.4, -0.2) is 20.9 Å². The molecule has 0 saturated carbocycles. The van der Waals surface area contributed by atoms with Crippen molar-refractivity contribution in [3.05, 3.63) is 0 Å². The molecule has 0 saturated heterocycles. The summed E-state index contributed by atoms with van der Waals surface area (Å²) in [7, 11) is 0. The van der Waals surface area contributed by atoms with Crippen molar-refractivity contribution in [2.24, 2.45) is 5.16 Å². The molecule has 0 aliphatic carbocycles. The average molecular weight is 204 g/mol. The van der Waals surface area contributed by atoms with Gasteiger partial charge in [-0.2, -0.15) is 0 Å². The molecular weight excluding hydrogens is 200 g/mol. The number of rotatable bonds is 0. The molecule has 10 heavy (non-hydrogen) atoms. The van der Waals surface area contributed by atoms with Crippen LogP contribution in [-0.2, 0) is 4.84 Å². The average Bonchev–Trinajstić information content (AvgIpc) is 2.13. The number of hydrogen-bond donors (Lipinski definition) is 1. The fourth-order valence-corrected chi connectivity index (χ4v) is 0.825. The summed E-state index contributed by atoms with van der Waals surface area (Å²) >= 11 is 16.1. The highest BCUT2D eigenvalue weighted by Crippen LogP contribution is 2.42. The summed E-state index contributed by atoms with van der Waals surface area (Å²) in [5.41, 5.74) is 0. The van der Waals surface area contributed by atoms with Gasteiger partial charge in [-0.25, -0.2) is 0 Å². The van der Waals surface area contributed by atoms with Crippen LogP contribution in [0.2, 0.25) is 0 Å². The number of oxime groups is 1. The largest absolute Gasteiger partial charge is 0.356 e. The van der Waals surface area contributed by atoms with Crippen molar-refractivity contribution in [3.8, 4) is 0 Å². The molecule has 1 aliphatic rings. The van der Waals surface area contributed by atoms with E-state index in [1.54, 1.807) is 0 Å². The Morgan fingerprint density at radius 2 is 2.20 bits per heavy atom. The summed E-state index contributed by atoms with van der Waals surface area (Å²) in [6.07, 6.45) is 1.42. The molecule has 0 bridgehead atoms. The Bertz CT molecular complexity index is 156. The molecule has 0 aromatic rings. The zero-order valence-corrected chi connectivity index (χ0v) is 6.99. The second-order valence-electron chi connectivity index (χ2n) is 1.87. The lowest BCUT2D eigenvalue weighted by molar-refractivity contribution is -0.181. The number of nitrogens with zero attached hydrogens (tertiary/aromatic N) is 1. The first kappa shape index (κ1) is 8.40. The maximum Gasteiger partial charge on any atom is 0.287 e. The highest BCUT2D eigenvalue weighted by Gasteiger charge is 2.51. The van der Waals surface area contributed by atoms with Crippen molar-refractivity contribution in [2.75, 3.05) is 0 Å². The van der Waals surface area contributed by atoms with Gasteiger partial charge in [0.05, 0.1) is 12.6 Å². The van der Waals surface area contributed by atoms with Crippen LogP contribution in [0.15, 0.2) is 5.16 Å². The molecule has 0 amide bonds. The van der Waals surface area contributed by atoms with Gasteiger partial charge in [-0.3, -0.25) is 0 Å². The van der Waals surface area contributed by atoms with Crippen LogP contribution < -0.4 is 0 Å². The van der Waals surface area contributed by atoms with E-state index < -0.39 is 9.58 Å². The zero-order valence-electron chi connectivity index (χ0n) is 4.72. The summed E-state index contributed by atoms with van der Waals surface area (Å²) < 4.78 is -1.86. The quantitative estimate of drug-likeness (QED) is 0.607. The van der Waals surface area contributed by atoms with Gasteiger partial charge >= 0.3 is 0 Å². The lowest BCUT2D eigenvalue weighted by Gasteiger charge is -2.26. The summed E-state index contributed by atoms with van der Waals surface area (Å²) in [5, 5.41) is 12.6. The molecule has 1 heterocycles. The van der Waals surface area contributed by atoms with E-state index in [4.69, 9.17) is 34.8 Å². The molecule has 1 aliphatic heterocycles. The minimum Gasteiger partial charge on any atom is -0.356 e. The molecule has 1 N–H and O–H groups in total. The molecule has 0 aromatic carbocycles. The van der Waals surface area contributed by atoms with Crippen LogP contribution in [0.3, 0.4) is 0 Å². The van der Waals surface area contributed by atoms with Crippen LogP contribution in [0, 0.1) is 0 Å². The second-order valence-corrected chi connectivity index (χ2v) is 4.15. The third kappa shape index (κ3) is 1.32. The van der Waals surface area contributed by atoms with Crippen molar-refractivity contribution >= 4 is 41.0 Å². The molecular formula is C4H4Cl3NO2. The van der Waals surface area contributed by atoms with E-state index in [2.05, 4.69) is 9.99 Å². The molecule has 3 nitrogen and oxygen atoms in total. The maximum absolute atomic E-state index is 9.28. The Balaban J connectivity index is 2.71. The van der Waals surface area contributed by atoms with Crippen LogP contribution in [0.5, 0.6) is 0 Å². The maximum atomic E-state index is 9.28. The molecule has 0 aromatic heterocycles. The molecule has 58 valence electrons. The Labute approximate surface area is 72.5 Å². The van der Waals surface area contributed by atoms with Gasteiger partial charge in [-0.15, -0.1) is 0 Å². The Kier molecular flexibility index (Phi) is 2.02. The fraction of sp³-hybridized carbons (Fsp3) is 0.750. The lowest BCUT2D eigenvalue weighted by Crippen LogP contribution is -2.42. The zero-order chi connectivity index (χ0) is 7.83. The van der Waals surface area contributed by atoms with E-state index in [9.17, 15) is 5.11 Å². The number of halogens is 3. The van der Waals surface area contributed by atoms with Crippen molar-refractivity contribution in [1.29, 1.82) is 0 Å². The van der Waals surface area contributed by atoms with Gasteiger partial charge in [0.15, 0.2) is 0 Å². The molecule has 6 heteroatoms. The monoisotopic (exact) mass is 203 g/mol. The van der Waals surface area contributed by atoms with Gasteiger partial charge in [0.1, 0.15) is 0 Å². The normalized spacial score (nSPS) is 32.4. The van der Waals surface area contributed by atoms with E-state index in [1.807, 2.05) is 0 Å². The summed E-state index contributed by atoms with van der Waals surface area (Å²) in [5.74, 6) is -1.79. The number of aliphatic hydroxyl groups is 1. The van der Waals surface area contributed by atoms with Gasteiger partial charge in [-0.05, 0) is 0 Å². The lowest BCUT2D eigenvalue weighted by atomic mass is 10.2. The Morgan fingerprint density at radius 1 is 1.60 bits per heavy atom. The first-order valence-corrected chi connectivity index (χ1v) is 3.58. The van der Waals surface area contributed by atoms with Gasteiger partial charge in [0.25, 0.3) is 9.58 Å². The Morgan fingerprint density at radius 3 is 2.40 bits per heavy atom. The molecule has 0 unspecified atom stereocenters. The summed E-state index contributed by atoms with van der Waals surface area (Å²) in [4.78, 5) is 4.43. The molecule has 0 spiro atoms. The molecule has 0 radical (unpaired) electrons. The van der Waals surface area contributed by atoms with E-state index in [-0.39, 0.29) is 6.42 Å². The van der Waals surface area contributed by atoms with Crippen molar-refractivity contribution in [3.63, 3.8) is 0 Å². The molecule has 0 fully saturated rings. The minimum absolute atomic E-state index is 0.0868. The van der Waals surface area contributed by atoms with Crippen LogP contribution in [0.1, 0.15) is 6.42 Å². The van der Waals surface area contributed by atoms with Crippen molar-refractivity contribution in [1.82, 2.24) is 0 Å². The van der Waals surface area contributed by atoms with Crippen LogP contribution in [0.25, 0.3) is 0 Å². The van der Waals surface area contributed by atoms with E-state index in [0.29, 0.717) is 0 Å². The Hall–Kier alpha value is 0.300. The first-order valence-electron chi connectivity index (χ1n) is 2.45. The van der Waals surface area contributed by atoms with E-state index >= 15 is 0 Å². The first-order chi connectivity index (χ1) is 4.46. The van der Waals surface area contributed by atoms with E-state index in [1.165, 1.54) is 6.21 Å². The predicted molar refractivity (Wildman–Crippen MR) is 39.4 cm³/mol. The highest BCUT2D eigenvalue weighted by molar-refractivity contribution is 6.68. The van der Waals surface area contributed by atoms with Gasteiger partial charge in [-0.1, -0.05) is 40.0 Å². The number of alkyl halides is 3. The standard InChI is InChI=1S/C4H4Cl3NO2/c5-4(6,7)3(9)1-2-8-10-3/h2,9H,1H2/t3-/m1/s1. The second kappa shape index (κ2) is 2.41. The predicted octanol–water partition coefficient (Wildman–Crippen LogP) is 1.45. The molecule has 1 rings (SSSR count). The van der Waals surface area contributed by atoms with Crippen LogP contribution in [0.4, 0.5) is 0 Å². The smallest absolute Gasteiger partial charge is 0.287 e. The SMILES string of the molecule is O[C@]1(C(Cl)(Cl)Cl)CC=NO1. The third-order valence-corrected chi connectivity index (χ3v) is 1.98. The minimum atomic E-state index is -1.86. The summed E-state index contributed by atoms with van der Waals surface area (Å²) in [6.45, 7) is 0. The van der Waals surface area contributed by atoms with Crippen LogP contribution >= 0.6 is 34.8 Å². The third-order valence-electron chi connectivity index (χ3n) is 1.09.